The van der Waals surface area contributed by atoms with Gasteiger partial charge in [-0.25, -0.2) is 4.98 Å². The van der Waals surface area contributed by atoms with E-state index in [9.17, 15) is 4.79 Å². The van der Waals surface area contributed by atoms with E-state index in [1.54, 1.807) is 6.20 Å². The molecule has 0 unspecified atom stereocenters. The van der Waals surface area contributed by atoms with Gasteiger partial charge in [0, 0.05) is 16.1 Å². The van der Waals surface area contributed by atoms with E-state index in [0.29, 0.717) is 17.1 Å². The van der Waals surface area contributed by atoms with E-state index in [-0.39, 0.29) is 30.4 Å². The van der Waals surface area contributed by atoms with Crippen LogP contribution in [-0.2, 0) is 6.54 Å². The summed E-state index contributed by atoms with van der Waals surface area (Å²) in [6, 6.07) is 1.94. The summed E-state index contributed by atoms with van der Waals surface area (Å²) >= 11 is 1.44. The molecule has 0 radical (unpaired) electrons. The highest BCUT2D eigenvalue weighted by atomic mass is 35.5. The lowest BCUT2D eigenvalue weighted by molar-refractivity contribution is 0.760. The molecule has 0 aliphatic carbocycles. The maximum Gasteiger partial charge on any atom is 0.268 e. The largest absolute Gasteiger partial charge is 0.313 e. The molecule has 0 saturated carbocycles. The first kappa shape index (κ1) is 17.6. The van der Waals surface area contributed by atoms with E-state index in [0.717, 1.165) is 21.7 Å². The van der Waals surface area contributed by atoms with Gasteiger partial charge in [0.2, 0.25) is 0 Å². The second kappa shape index (κ2) is 7.04. The SMILES string of the molecule is CNCc1nc2cc(-c3cn[nH]c3C)sc2c(=O)[nH]1.Cl.Cl. The average molecular weight is 348 g/mol. The average Bonchev–Trinajstić information content (AvgIpc) is 2.95. The third-order valence-electron chi connectivity index (χ3n) is 2.87. The first-order valence-corrected chi connectivity index (χ1v) is 6.68. The molecule has 3 N–H and O–H groups in total. The molecule has 6 nitrogen and oxygen atoms in total. The number of rotatable bonds is 3. The summed E-state index contributed by atoms with van der Waals surface area (Å²) in [4.78, 5) is 20.2. The highest BCUT2D eigenvalue weighted by molar-refractivity contribution is 7.22. The first-order chi connectivity index (χ1) is 9.19. The molecule has 0 saturated heterocycles. The fraction of sp³-hybridized carbons (Fsp3) is 0.250. The molecule has 0 aromatic carbocycles. The van der Waals surface area contributed by atoms with Gasteiger partial charge in [0.25, 0.3) is 5.56 Å². The van der Waals surface area contributed by atoms with Crippen LogP contribution in [0.4, 0.5) is 0 Å². The molecule has 0 fully saturated rings. The van der Waals surface area contributed by atoms with E-state index < -0.39 is 0 Å². The molecule has 3 aromatic rings. The Hall–Kier alpha value is -1.41. The molecule has 0 bridgehead atoms. The van der Waals surface area contributed by atoms with E-state index in [1.165, 1.54) is 11.3 Å². The number of thiophene rings is 1. The Kier molecular flexibility index (Phi) is 5.91. The van der Waals surface area contributed by atoms with Gasteiger partial charge in [0.1, 0.15) is 10.5 Å². The van der Waals surface area contributed by atoms with Crippen LogP contribution in [0.1, 0.15) is 11.5 Å². The van der Waals surface area contributed by atoms with E-state index in [4.69, 9.17) is 0 Å². The number of nitrogens with zero attached hydrogens (tertiary/aromatic N) is 2. The summed E-state index contributed by atoms with van der Waals surface area (Å²) in [5.74, 6) is 0.647. The molecular weight excluding hydrogens is 333 g/mol. The van der Waals surface area contributed by atoms with Crippen molar-refractivity contribution in [1.29, 1.82) is 0 Å². The number of aromatic amines is 2. The Bertz CT molecular complexity index is 794. The van der Waals surface area contributed by atoms with Crippen LogP contribution in [0, 0.1) is 6.92 Å². The molecule has 3 rings (SSSR count). The second-order valence-corrected chi connectivity index (χ2v) is 5.33. The van der Waals surface area contributed by atoms with Crippen LogP contribution in [0.5, 0.6) is 0 Å². The number of aromatic nitrogens is 4. The summed E-state index contributed by atoms with van der Waals surface area (Å²) in [6.07, 6.45) is 1.77. The van der Waals surface area contributed by atoms with Gasteiger partial charge in [-0.1, -0.05) is 0 Å². The van der Waals surface area contributed by atoms with Gasteiger partial charge in [-0.15, -0.1) is 36.2 Å². The van der Waals surface area contributed by atoms with Gasteiger partial charge < -0.3 is 10.3 Å². The molecule has 3 heterocycles. The van der Waals surface area contributed by atoms with Crippen molar-refractivity contribution < 1.29 is 0 Å². The molecule has 3 aromatic heterocycles. The summed E-state index contributed by atoms with van der Waals surface area (Å²) in [5.41, 5.74) is 2.64. The van der Waals surface area contributed by atoms with Crippen molar-refractivity contribution in [3.63, 3.8) is 0 Å². The fourth-order valence-corrected chi connectivity index (χ4v) is 3.03. The zero-order chi connectivity index (χ0) is 13.4. The zero-order valence-corrected chi connectivity index (χ0v) is 13.8. The Morgan fingerprint density at radius 2 is 2.14 bits per heavy atom. The van der Waals surface area contributed by atoms with Gasteiger partial charge in [-0.2, -0.15) is 5.10 Å². The van der Waals surface area contributed by atoms with Crippen molar-refractivity contribution in [2.24, 2.45) is 0 Å². The van der Waals surface area contributed by atoms with Crippen LogP contribution in [0.25, 0.3) is 20.7 Å². The summed E-state index contributed by atoms with van der Waals surface area (Å²) < 4.78 is 0.649. The molecule has 0 aliphatic heterocycles. The van der Waals surface area contributed by atoms with E-state index >= 15 is 0 Å². The molecule has 0 atom stereocenters. The van der Waals surface area contributed by atoms with Gasteiger partial charge >= 0.3 is 0 Å². The number of hydrogen-bond donors (Lipinski definition) is 3. The van der Waals surface area contributed by atoms with Crippen LogP contribution in [0.3, 0.4) is 0 Å². The second-order valence-electron chi connectivity index (χ2n) is 4.28. The first-order valence-electron chi connectivity index (χ1n) is 5.86. The molecule has 9 heteroatoms. The van der Waals surface area contributed by atoms with Crippen molar-refractivity contribution in [2.45, 2.75) is 13.5 Å². The summed E-state index contributed by atoms with van der Waals surface area (Å²) in [5, 5.41) is 9.88. The number of hydrogen-bond acceptors (Lipinski definition) is 5. The monoisotopic (exact) mass is 347 g/mol. The molecule has 114 valence electrons. The zero-order valence-electron chi connectivity index (χ0n) is 11.4. The number of fused-ring (bicyclic) bond motifs is 1. The normalized spacial score (nSPS) is 10.2. The minimum atomic E-state index is -0.0901. The standard InChI is InChI=1S/C12H13N5OS.2ClH/c1-6-7(4-14-17-6)9-3-8-11(19-9)12(18)16-10(15-8)5-13-2;;/h3-4,13H,5H2,1-2H3,(H,14,17)(H,15,16,18);2*1H. The van der Waals surface area contributed by atoms with Gasteiger partial charge in [0.05, 0.1) is 18.3 Å². The van der Waals surface area contributed by atoms with Crippen LogP contribution in [0.2, 0.25) is 0 Å². The lowest BCUT2D eigenvalue weighted by Gasteiger charge is -1.97. The third kappa shape index (κ3) is 3.26. The predicted molar refractivity (Wildman–Crippen MR) is 89.8 cm³/mol. The number of nitrogens with one attached hydrogen (secondary N) is 3. The Balaban J connectivity index is 0.00000110. The topological polar surface area (TPSA) is 86.5 Å². The summed E-state index contributed by atoms with van der Waals surface area (Å²) in [7, 11) is 1.82. The van der Waals surface area contributed by atoms with Gasteiger partial charge in [-0.3, -0.25) is 9.89 Å². The van der Waals surface area contributed by atoms with Crippen LogP contribution in [0.15, 0.2) is 17.1 Å². The fourth-order valence-electron chi connectivity index (χ4n) is 1.97. The Labute approximate surface area is 137 Å². The summed E-state index contributed by atoms with van der Waals surface area (Å²) in [6.45, 7) is 2.50. The quantitative estimate of drug-likeness (QED) is 0.678. The van der Waals surface area contributed by atoms with Gasteiger partial charge in [0.15, 0.2) is 0 Å². The number of halogens is 2. The molecule has 0 amide bonds. The minimum absolute atomic E-state index is 0. The molecule has 0 spiro atoms. The molecule has 21 heavy (non-hydrogen) atoms. The maximum absolute atomic E-state index is 12.0. The van der Waals surface area contributed by atoms with E-state index in [2.05, 4.69) is 25.5 Å². The minimum Gasteiger partial charge on any atom is -0.313 e. The van der Waals surface area contributed by atoms with Crippen LogP contribution in [-0.4, -0.2) is 27.2 Å². The maximum atomic E-state index is 12.0. The lowest BCUT2D eigenvalue weighted by Crippen LogP contribution is -2.15. The molecular formula is C12H15Cl2N5OS. The lowest BCUT2D eigenvalue weighted by atomic mass is 10.2. The van der Waals surface area contributed by atoms with Crippen molar-refractivity contribution in [2.75, 3.05) is 7.05 Å². The highest BCUT2D eigenvalue weighted by Crippen LogP contribution is 2.31. The van der Waals surface area contributed by atoms with Crippen molar-refractivity contribution in [3.05, 3.63) is 34.1 Å². The Morgan fingerprint density at radius 1 is 1.38 bits per heavy atom. The Morgan fingerprint density at radius 3 is 2.76 bits per heavy atom. The number of H-pyrrole nitrogens is 2. The van der Waals surface area contributed by atoms with Crippen molar-refractivity contribution in [3.8, 4) is 10.4 Å². The predicted octanol–water partition coefficient (Wildman–Crippen LogP) is 2.25. The third-order valence-corrected chi connectivity index (χ3v) is 4.03. The van der Waals surface area contributed by atoms with Crippen LogP contribution >= 0.6 is 36.2 Å². The van der Waals surface area contributed by atoms with Crippen molar-refractivity contribution in [1.82, 2.24) is 25.5 Å². The smallest absolute Gasteiger partial charge is 0.268 e. The number of aryl methyl sites for hydroxylation is 1. The van der Waals surface area contributed by atoms with Gasteiger partial charge in [-0.05, 0) is 20.0 Å². The molecule has 0 aliphatic rings. The highest BCUT2D eigenvalue weighted by Gasteiger charge is 2.12. The van der Waals surface area contributed by atoms with E-state index in [1.807, 2.05) is 20.0 Å². The van der Waals surface area contributed by atoms with Crippen molar-refractivity contribution >= 4 is 46.4 Å². The van der Waals surface area contributed by atoms with Crippen LogP contribution < -0.4 is 10.9 Å².